The van der Waals surface area contributed by atoms with Crippen LogP contribution in [0.1, 0.15) is 11.3 Å². The smallest absolute Gasteiger partial charge is 0.382 e. The molecular weight excluding hydrogens is 243 g/mol. The van der Waals surface area contributed by atoms with Crippen LogP contribution in [0.25, 0.3) is 11.1 Å². The first-order chi connectivity index (χ1) is 8.38. The van der Waals surface area contributed by atoms with Crippen molar-refractivity contribution in [1.29, 1.82) is 0 Å². The van der Waals surface area contributed by atoms with Crippen molar-refractivity contribution in [2.24, 2.45) is 0 Å². The van der Waals surface area contributed by atoms with Gasteiger partial charge >= 0.3 is 6.18 Å². The third-order valence-corrected chi connectivity index (χ3v) is 2.45. The van der Waals surface area contributed by atoms with Crippen LogP contribution in [-0.2, 0) is 6.18 Å². The highest BCUT2D eigenvalue weighted by Gasteiger charge is 2.30. The highest BCUT2D eigenvalue weighted by molar-refractivity contribution is 5.74. The first kappa shape index (κ1) is 12.3. The molecule has 1 aromatic heterocycles. The maximum Gasteiger partial charge on any atom is 0.416 e. The van der Waals surface area contributed by atoms with E-state index < -0.39 is 11.7 Å². The summed E-state index contributed by atoms with van der Waals surface area (Å²) >= 11 is 0. The largest absolute Gasteiger partial charge is 0.416 e. The van der Waals surface area contributed by atoms with Gasteiger partial charge in [-0.3, -0.25) is 0 Å². The van der Waals surface area contributed by atoms with Crippen molar-refractivity contribution in [3.63, 3.8) is 0 Å². The van der Waals surface area contributed by atoms with Gasteiger partial charge in [-0.2, -0.15) is 18.3 Å². The molecule has 0 amide bonds. The molecule has 0 saturated heterocycles. The van der Waals surface area contributed by atoms with Gasteiger partial charge in [0.2, 0.25) is 0 Å². The first-order valence-electron chi connectivity index (χ1n) is 5.15. The highest BCUT2D eigenvalue weighted by atomic mass is 19.4. The van der Waals surface area contributed by atoms with Gasteiger partial charge in [0.05, 0.1) is 11.3 Å². The normalized spacial score (nSPS) is 11.6. The molecule has 3 nitrogen and oxygen atoms in total. The quantitative estimate of drug-likeness (QED) is 0.849. The van der Waals surface area contributed by atoms with Gasteiger partial charge in [0.1, 0.15) is 0 Å². The van der Waals surface area contributed by atoms with E-state index in [4.69, 9.17) is 5.73 Å². The fourth-order valence-electron chi connectivity index (χ4n) is 1.59. The molecule has 0 atom stereocenters. The Morgan fingerprint density at radius 1 is 1.11 bits per heavy atom. The van der Waals surface area contributed by atoms with Crippen LogP contribution in [0.15, 0.2) is 30.3 Å². The van der Waals surface area contributed by atoms with Crippen LogP contribution in [0.4, 0.5) is 19.0 Å². The number of nitrogens with two attached hydrogens (primary N) is 1. The molecule has 6 heteroatoms. The van der Waals surface area contributed by atoms with Crippen LogP contribution in [0, 0.1) is 6.92 Å². The van der Waals surface area contributed by atoms with E-state index >= 15 is 0 Å². The monoisotopic (exact) mass is 253 g/mol. The minimum absolute atomic E-state index is 0.111. The second-order valence-corrected chi connectivity index (χ2v) is 3.86. The summed E-state index contributed by atoms with van der Waals surface area (Å²) in [7, 11) is 0. The molecule has 0 aliphatic carbocycles. The SMILES string of the molecule is Cc1cc(-c2cccc(C(F)(F)F)c2)c(N)nn1. The Morgan fingerprint density at radius 2 is 1.83 bits per heavy atom. The summed E-state index contributed by atoms with van der Waals surface area (Å²) in [5, 5.41) is 7.43. The molecule has 2 aromatic rings. The maximum atomic E-state index is 12.6. The number of hydrogen-bond donors (Lipinski definition) is 1. The number of nitrogen functional groups attached to an aromatic ring is 1. The van der Waals surface area contributed by atoms with Crippen molar-refractivity contribution < 1.29 is 13.2 Å². The third kappa shape index (κ3) is 2.42. The predicted molar refractivity (Wildman–Crippen MR) is 61.6 cm³/mol. The molecule has 94 valence electrons. The number of anilines is 1. The van der Waals surface area contributed by atoms with Gasteiger partial charge in [0.15, 0.2) is 5.82 Å². The fraction of sp³-hybridized carbons (Fsp3) is 0.167. The summed E-state index contributed by atoms with van der Waals surface area (Å²) in [5.41, 5.74) is 6.33. The van der Waals surface area contributed by atoms with Crippen LogP contribution < -0.4 is 5.73 Å². The van der Waals surface area contributed by atoms with Gasteiger partial charge < -0.3 is 5.73 Å². The van der Waals surface area contributed by atoms with Crippen LogP contribution in [0.5, 0.6) is 0 Å². The zero-order valence-corrected chi connectivity index (χ0v) is 9.49. The number of alkyl halides is 3. The Hall–Kier alpha value is -2.11. The van der Waals surface area contributed by atoms with E-state index in [0.29, 0.717) is 16.8 Å². The Bertz CT molecular complexity index is 579. The molecule has 0 radical (unpaired) electrons. The van der Waals surface area contributed by atoms with E-state index in [2.05, 4.69) is 10.2 Å². The molecular formula is C12H10F3N3. The van der Waals surface area contributed by atoms with E-state index in [-0.39, 0.29) is 5.82 Å². The standard InChI is InChI=1S/C12H10F3N3/c1-7-5-10(11(16)18-17-7)8-3-2-4-9(6-8)12(13,14)15/h2-6H,1H3,(H2,16,18). The van der Waals surface area contributed by atoms with Crippen LogP contribution in [0.3, 0.4) is 0 Å². The molecule has 0 aliphatic heterocycles. The Kier molecular flexibility index (Phi) is 2.94. The fourth-order valence-corrected chi connectivity index (χ4v) is 1.59. The number of benzene rings is 1. The van der Waals surface area contributed by atoms with Crippen LogP contribution >= 0.6 is 0 Å². The number of aryl methyl sites for hydroxylation is 1. The molecule has 0 fully saturated rings. The number of halogens is 3. The predicted octanol–water partition coefficient (Wildman–Crippen LogP) is 3.05. The summed E-state index contributed by atoms with van der Waals surface area (Å²) < 4.78 is 37.8. The average Bonchev–Trinajstić information content (AvgIpc) is 2.31. The Balaban J connectivity index is 2.55. The van der Waals surface area contributed by atoms with E-state index in [0.717, 1.165) is 12.1 Å². The molecule has 1 heterocycles. The Morgan fingerprint density at radius 3 is 2.50 bits per heavy atom. The van der Waals surface area contributed by atoms with Crippen LogP contribution in [0.2, 0.25) is 0 Å². The summed E-state index contributed by atoms with van der Waals surface area (Å²) in [6.07, 6.45) is -4.37. The topological polar surface area (TPSA) is 51.8 Å². The lowest BCUT2D eigenvalue weighted by molar-refractivity contribution is -0.137. The van der Waals surface area contributed by atoms with Crippen molar-refractivity contribution in [3.05, 3.63) is 41.6 Å². The summed E-state index contributed by atoms with van der Waals surface area (Å²) in [6, 6.07) is 6.57. The zero-order valence-electron chi connectivity index (χ0n) is 9.49. The van der Waals surface area contributed by atoms with E-state index in [1.165, 1.54) is 6.07 Å². The Labute approximate surface area is 101 Å². The summed E-state index contributed by atoms with van der Waals surface area (Å²) in [4.78, 5) is 0. The summed E-state index contributed by atoms with van der Waals surface area (Å²) in [6.45, 7) is 1.70. The molecule has 0 bridgehead atoms. The van der Waals surface area contributed by atoms with Crippen LogP contribution in [-0.4, -0.2) is 10.2 Å². The number of rotatable bonds is 1. The molecule has 0 aliphatic rings. The van der Waals surface area contributed by atoms with Crippen molar-refractivity contribution in [3.8, 4) is 11.1 Å². The molecule has 2 N–H and O–H groups in total. The van der Waals surface area contributed by atoms with Crippen molar-refractivity contribution in [2.45, 2.75) is 13.1 Å². The van der Waals surface area contributed by atoms with Crippen molar-refractivity contribution in [2.75, 3.05) is 5.73 Å². The molecule has 18 heavy (non-hydrogen) atoms. The number of aromatic nitrogens is 2. The minimum Gasteiger partial charge on any atom is -0.382 e. The minimum atomic E-state index is -4.37. The number of nitrogens with zero attached hydrogens (tertiary/aromatic N) is 2. The van der Waals surface area contributed by atoms with E-state index in [1.807, 2.05) is 0 Å². The second kappa shape index (κ2) is 4.29. The van der Waals surface area contributed by atoms with Gasteiger partial charge in [-0.05, 0) is 30.7 Å². The maximum absolute atomic E-state index is 12.6. The first-order valence-corrected chi connectivity index (χ1v) is 5.15. The lowest BCUT2D eigenvalue weighted by Gasteiger charge is -2.10. The number of hydrogen-bond acceptors (Lipinski definition) is 3. The average molecular weight is 253 g/mol. The van der Waals surface area contributed by atoms with Crippen molar-refractivity contribution in [1.82, 2.24) is 10.2 Å². The molecule has 1 aromatic carbocycles. The lowest BCUT2D eigenvalue weighted by Crippen LogP contribution is -2.05. The lowest BCUT2D eigenvalue weighted by atomic mass is 10.0. The van der Waals surface area contributed by atoms with Crippen molar-refractivity contribution >= 4 is 5.82 Å². The van der Waals surface area contributed by atoms with Gasteiger partial charge in [0.25, 0.3) is 0 Å². The van der Waals surface area contributed by atoms with E-state index in [1.54, 1.807) is 19.1 Å². The van der Waals surface area contributed by atoms with Gasteiger partial charge in [-0.25, -0.2) is 0 Å². The zero-order chi connectivity index (χ0) is 13.3. The van der Waals surface area contributed by atoms with Gasteiger partial charge in [0, 0.05) is 5.56 Å². The molecule has 0 saturated carbocycles. The summed E-state index contributed by atoms with van der Waals surface area (Å²) in [5.74, 6) is 0.111. The van der Waals surface area contributed by atoms with Gasteiger partial charge in [-0.15, -0.1) is 5.10 Å². The second-order valence-electron chi connectivity index (χ2n) is 3.86. The third-order valence-electron chi connectivity index (χ3n) is 2.45. The van der Waals surface area contributed by atoms with Gasteiger partial charge in [-0.1, -0.05) is 12.1 Å². The molecule has 0 unspecified atom stereocenters. The molecule has 2 rings (SSSR count). The molecule has 0 spiro atoms. The van der Waals surface area contributed by atoms with E-state index in [9.17, 15) is 13.2 Å². The highest BCUT2D eigenvalue weighted by Crippen LogP contribution is 2.33.